The molecule has 3 aromatic rings. The van der Waals surface area contributed by atoms with Crippen LogP contribution in [-0.2, 0) is 11.2 Å². The number of nitrogens with zero attached hydrogens (tertiary/aromatic N) is 2. The summed E-state index contributed by atoms with van der Waals surface area (Å²) in [5, 5.41) is 19.4. The minimum absolute atomic E-state index is 0.127. The lowest BCUT2D eigenvalue weighted by Gasteiger charge is -2.10. The number of rotatable bonds is 7. The Bertz CT molecular complexity index is 965. The molecular formula is C22H22N2O4. The van der Waals surface area contributed by atoms with Crippen LogP contribution in [0.5, 0.6) is 0 Å². The minimum Gasteiger partial charge on any atom is -0.480 e. The van der Waals surface area contributed by atoms with E-state index in [-0.39, 0.29) is 6.42 Å². The van der Waals surface area contributed by atoms with E-state index >= 15 is 0 Å². The molecule has 144 valence electrons. The second-order valence-electron chi connectivity index (χ2n) is 6.45. The first-order valence-electron chi connectivity index (χ1n) is 9.08. The predicted octanol–water partition coefficient (Wildman–Crippen LogP) is 3.46. The van der Waals surface area contributed by atoms with Gasteiger partial charge in [0.05, 0.1) is 5.69 Å². The van der Waals surface area contributed by atoms with E-state index in [1.54, 1.807) is 29.1 Å². The number of carbonyl (C=O) groups is 1. The molecule has 0 aliphatic heterocycles. The molecule has 1 aromatic carbocycles. The lowest BCUT2D eigenvalue weighted by Crippen LogP contribution is -2.17. The second kappa shape index (κ2) is 9.07. The first kappa shape index (κ1) is 19.5. The zero-order valence-corrected chi connectivity index (χ0v) is 15.6. The zero-order valence-electron chi connectivity index (χ0n) is 15.6. The Morgan fingerprint density at radius 2 is 1.93 bits per heavy atom. The molecule has 0 bridgehead atoms. The van der Waals surface area contributed by atoms with E-state index in [0.717, 1.165) is 17.0 Å². The van der Waals surface area contributed by atoms with E-state index in [4.69, 9.17) is 4.42 Å². The number of hydrogen-bond acceptors (Lipinski definition) is 4. The third-order valence-electron chi connectivity index (χ3n) is 4.40. The Morgan fingerprint density at radius 1 is 1.21 bits per heavy atom. The molecule has 0 amide bonds. The molecule has 28 heavy (non-hydrogen) atoms. The summed E-state index contributed by atoms with van der Waals surface area (Å²) in [6.45, 7) is 1.85. The van der Waals surface area contributed by atoms with Crippen molar-refractivity contribution in [1.82, 2.24) is 9.55 Å². The van der Waals surface area contributed by atoms with Crippen molar-refractivity contribution in [3.8, 4) is 23.3 Å². The number of aromatic nitrogens is 2. The van der Waals surface area contributed by atoms with Crippen LogP contribution in [0.4, 0.5) is 0 Å². The van der Waals surface area contributed by atoms with Gasteiger partial charge in [-0.1, -0.05) is 30.0 Å². The van der Waals surface area contributed by atoms with Gasteiger partial charge in [-0.25, -0.2) is 9.78 Å². The molecule has 0 radical (unpaired) electrons. The van der Waals surface area contributed by atoms with Gasteiger partial charge in [-0.2, -0.15) is 0 Å². The highest BCUT2D eigenvalue weighted by molar-refractivity contribution is 5.72. The number of oxazole rings is 1. The maximum atomic E-state index is 11.4. The van der Waals surface area contributed by atoms with Gasteiger partial charge in [-0.15, -0.1) is 0 Å². The zero-order chi connectivity index (χ0) is 19.9. The van der Waals surface area contributed by atoms with Crippen LogP contribution in [0.15, 0.2) is 59.3 Å². The molecule has 0 saturated heterocycles. The number of aliphatic hydroxyl groups excluding tert-OH is 1. The van der Waals surface area contributed by atoms with Crippen LogP contribution in [0.1, 0.15) is 30.3 Å². The molecule has 0 spiro atoms. The fourth-order valence-electron chi connectivity index (χ4n) is 2.86. The highest BCUT2D eigenvalue weighted by atomic mass is 16.4. The maximum Gasteiger partial charge on any atom is 0.327 e. The van der Waals surface area contributed by atoms with Crippen LogP contribution < -0.4 is 0 Å². The van der Waals surface area contributed by atoms with Gasteiger partial charge >= 0.3 is 5.97 Å². The lowest BCUT2D eigenvalue weighted by atomic mass is 10.1. The number of aryl methyl sites for hydroxylation is 2. The molecule has 0 unspecified atom stereocenters. The average molecular weight is 378 g/mol. The van der Waals surface area contributed by atoms with Crippen LogP contribution in [0.25, 0.3) is 11.5 Å². The number of carboxylic acid groups (broad SMARTS) is 1. The Morgan fingerprint density at radius 3 is 2.61 bits per heavy atom. The van der Waals surface area contributed by atoms with Crippen molar-refractivity contribution < 1.29 is 19.4 Å². The third-order valence-corrected chi connectivity index (χ3v) is 4.40. The van der Waals surface area contributed by atoms with E-state index < -0.39 is 18.1 Å². The fourth-order valence-corrected chi connectivity index (χ4v) is 2.86. The summed E-state index contributed by atoms with van der Waals surface area (Å²) in [4.78, 5) is 15.9. The van der Waals surface area contributed by atoms with Gasteiger partial charge in [0.25, 0.3) is 0 Å². The molecule has 0 saturated carbocycles. The molecule has 0 aliphatic carbocycles. The van der Waals surface area contributed by atoms with Gasteiger partial charge < -0.3 is 19.2 Å². The van der Waals surface area contributed by atoms with Crippen molar-refractivity contribution in [2.24, 2.45) is 0 Å². The first-order chi connectivity index (χ1) is 13.5. The van der Waals surface area contributed by atoms with Gasteiger partial charge in [0.15, 0.2) is 0 Å². The topological polar surface area (TPSA) is 88.5 Å². The molecule has 0 aliphatic rings. The summed E-state index contributed by atoms with van der Waals surface area (Å²) >= 11 is 0. The Kier molecular flexibility index (Phi) is 6.30. The minimum atomic E-state index is -0.952. The number of benzene rings is 1. The number of carboxylic acids is 1. The number of aliphatic carboxylic acids is 1. The highest BCUT2D eigenvalue weighted by Crippen LogP contribution is 2.22. The van der Waals surface area contributed by atoms with E-state index in [2.05, 4.69) is 16.8 Å². The molecule has 2 aromatic heterocycles. The molecule has 2 N–H and O–H groups in total. The van der Waals surface area contributed by atoms with Crippen molar-refractivity contribution in [3.05, 3.63) is 66.3 Å². The van der Waals surface area contributed by atoms with Crippen molar-refractivity contribution in [3.63, 3.8) is 0 Å². The molecule has 2 atom stereocenters. The van der Waals surface area contributed by atoms with Crippen molar-refractivity contribution >= 4 is 5.97 Å². The maximum absolute atomic E-state index is 11.4. The van der Waals surface area contributed by atoms with Gasteiger partial charge in [0.1, 0.15) is 17.9 Å². The van der Waals surface area contributed by atoms with Crippen LogP contribution in [0, 0.1) is 18.8 Å². The van der Waals surface area contributed by atoms with Gasteiger partial charge in [-0.05, 0) is 44.0 Å². The molecular weight excluding hydrogens is 356 g/mol. The fraction of sp³-hybridized carbons (Fsp3) is 0.273. The summed E-state index contributed by atoms with van der Waals surface area (Å²) in [7, 11) is 0. The van der Waals surface area contributed by atoms with Crippen LogP contribution in [0.2, 0.25) is 0 Å². The number of aliphatic hydroxyl groups is 1. The molecule has 0 fully saturated rings. The van der Waals surface area contributed by atoms with Gasteiger partial charge in [0, 0.05) is 24.4 Å². The lowest BCUT2D eigenvalue weighted by molar-refractivity contribution is -0.140. The van der Waals surface area contributed by atoms with Crippen molar-refractivity contribution in [2.45, 2.75) is 38.3 Å². The van der Waals surface area contributed by atoms with E-state index in [1.807, 2.05) is 37.3 Å². The highest BCUT2D eigenvalue weighted by Gasteiger charge is 2.17. The molecule has 6 nitrogen and oxygen atoms in total. The summed E-state index contributed by atoms with van der Waals surface area (Å²) in [5.74, 6) is 5.85. The molecule has 3 rings (SSSR count). The largest absolute Gasteiger partial charge is 0.480 e. The quantitative estimate of drug-likeness (QED) is 0.615. The third kappa shape index (κ3) is 4.90. The summed E-state index contributed by atoms with van der Waals surface area (Å²) in [5.41, 5.74) is 1.69. The second-order valence-corrected chi connectivity index (χ2v) is 6.45. The Hall–Kier alpha value is -3.30. The SMILES string of the molecule is Cc1oc(-c2ccccc2)nc1CC[C@@H](O)C#CC[C@@H](C(=O)O)n1cccc1. The predicted molar refractivity (Wildman–Crippen MR) is 105 cm³/mol. The van der Waals surface area contributed by atoms with Crippen molar-refractivity contribution in [1.29, 1.82) is 0 Å². The standard InChI is InChI=1S/C22H22N2O4/c1-16-19(23-21(28-16)17-8-3-2-4-9-17)13-12-18(25)10-7-11-20(22(26)27)24-14-5-6-15-24/h2-6,8-9,14-15,18,20,25H,11-13H2,1H3,(H,26,27)/t18-,20-/m0/s1. The van der Waals surface area contributed by atoms with Gasteiger partial charge in [0.2, 0.25) is 5.89 Å². The van der Waals surface area contributed by atoms with E-state index in [1.165, 1.54) is 0 Å². The van der Waals surface area contributed by atoms with Crippen LogP contribution >= 0.6 is 0 Å². The summed E-state index contributed by atoms with van der Waals surface area (Å²) in [6.07, 6.45) is 3.58. The monoisotopic (exact) mass is 378 g/mol. The normalized spacial score (nSPS) is 12.8. The smallest absolute Gasteiger partial charge is 0.327 e. The summed E-state index contributed by atoms with van der Waals surface area (Å²) < 4.78 is 7.31. The van der Waals surface area contributed by atoms with Crippen LogP contribution in [-0.4, -0.2) is 31.8 Å². The summed E-state index contributed by atoms with van der Waals surface area (Å²) in [6, 6.07) is 12.4. The van der Waals surface area contributed by atoms with Crippen molar-refractivity contribution in [2.75, 3.05) is 0 Å². The Labute approximate surface area is 163 Å². The first-order valence-corrected chi connectivity index (χ1v) is 9.08. The molecule has 2 heterocycles. The van der Waals surface area contributed by atoms with Gasteiger partial charge in [-0.3, -0.25) is 0 Å². The number of hydrogen-bond donors (Lipinski definition) is 2. The van der Waals surface area contributed by atoms with Crippen LogP contribution in [0.3, 0.4) is 0 Å². The average Bonchev–Trinajstić information content (AvgIpc) is 3.34. The molecule has 6 heteroatoms. The Balaban J connectivity index is 1.56. The van der Waals surface area contributed by atoms with E-state index in [9.17, 15) is 15.0 Å². The van der Waals surface area contributed by atoms with E-state index in [0.29, 0.717) is 18.7 Å².